The molecule has 0 aromatic heterocycles. The van der Waals surface area contributed by atoms with Gasteiger partial charge in [0.25, 0.3) is 0 Å². The maximum Gasteiger partial charge on any atom is 0.306 e. The van der Waals surface area contributed by atoms with Gasteiger partial charge in [0.1, 0.15) is 54.9 Å². The van der Waals surface area contributed by atoms with Crippen LogP contribution >= 0.6 is 0 Å². The van der Waals surface area contributed by atoms with E-state index in [1.807, 2.05) is 0 Å². The lowest BCUT2D eigenvalue weighted by atomic mass is 9.98. The molecule has 0 amide bonds. The summed E-state index contributed by atoms with van der Waals surface area (Å²) in [5.41, 5.74) is 0. The molecule has 0 saturated carbocycles. The van der Waals surface area contributed by atoms with Gasteiger partial charge in [-0.2, -0.15) is 0 Å². The Labute approximate surface area is 500 Å². The molecule has 2 aliphatic heterocycles. The molecule has 2 aliphatic rings. The van der Waals surface area contributed by atoms with Gasteiger partial charge >= 0.3 is 5.97 Å². The van der Waals surface area contributed by atoms with Crippen molar-refractivity contribution >= 4 is 5.97 Å². The Morgan fingerprint density at radius 2 is 0.747 bits per heavy atom. The first kappa shape index (κ1) is 75.2. The van der Waals surface area contributed by atoms with Gasteiger partial charge in [0, 0.05) is 13.0 Å². The summed E-state index contributed by atoms with van der Waals surface area (Å²) in [4.78, 5) is 13.1. The SMILES string of the molecule is CC/C=C\C/C=C\C/C=C\C/C=C\C/C=C\C/C=C\CCCCCCCCC(=O)OC(COCCCCCCCCCC/C=C\C/C=C\C/C=C\C/C=C\C/C=C\CC)COC1OC(COC2OC(CO)C(O)C(O)C2O)C(O)C(O)C1O. The second-order valence-corrected chi connectivity index (χ2v) is 21.5. The van der Waals surface area contributed by atoms with Crippen molar-refractivity contribution < 1.29 is 69.0 Å². The van der Waals surface area contributed by atoms with Crippen molar-refractivity contribution in [2.75, 3.05) is 33.0 Å². The van der Waals surface area contributed by atoms with E-state index in [4.69, 9.17) is 28.4 Å². The van der Waals surface area contributed by atoms with Crippen LogP contribution < -0.4 is 0 Å². The number of hydrogen-bond donors (Lipinski definition) is 7. The number of carbonyl (C=O) groups excluding carboxylic acids is 1. The van der Waals surface area contributed by atoms with Gasteiger partial charge in [-0.25, -0.2) is 0 Å². The highest BCUT2D eigenvalue weighted by Gasteiger charge is 2.47. The molecule has 2 heterocycles. The topological polar surface area (TPSA) is 214 Å². The molecule has 2 fully saturated rings. The second kappa shape index (κ2) is 53.6. The highest BCUT2D eigenvalue weighted by Crippen LogP contribution is 2.26. The largest absolute Gasteiger partial charge is 0.457 e. The zero-order valence-electron chi connectivity index (χ0n) is 50.9. The molecule has 0 aromatic carbocycles. The monoisotopic (exact) mass is 1160 g/mol. The number of unbranched alkanes of at least 4 members (excludes halogenated alkanes) is 14. The van der Waals surface area contributed by atoms with E-state index >= 15 is 0 Å². The van der Waals surface area contributed by atoms with Crippen LogP contribution in [0, 0.1) is 0 Å². The fourth-order valence-corrected chi connectivity index (χ4v) is 9.14. The van der Waals surface area contributed by atoms with Gasteiger partial charge in [-0.05, 0) is 109 Å². The molecule has 11 unspecified atom stereocenters. The van der Waals surface area contributed by atoms with Crippen LogP contribution in [-0.2, 0) is 33.2 Å². The zero-order valence-corrected chi connectivity index (χ0v) is 50.9. The first-order valence-corrected chi connectivity index (χ1v) is 31.8. The Hall–Kier alpha value is -3.87. The maximum absolute atomic E-state index is 13.1. The summed E-state index contributed by atoms with van der Waals surface area (Å²) in [5.74, 6) is -0.399. The van der Waals surface area contributed by atoms with Crippen LogP contribution in [0.4, 0.5) is 0 Å². The average Bonchev–Trinajstić information content (AvgIpc) is 3.67. The van der Waals surface area contributed by atoms with Crippen LogP contribution in [-0.4, -0.2) is 142 Å². The molecule has 11 atom stereocenters. The first-order chi connectivity index (χ1) is 40.6. The Kier molecular flexibility index (Phi) is 48.6. The van der Waals surface area contributed by atoms with E-state index in [0.717, 1.165) is 135 Å². The van der Waals surface area contributed by atoms with E-state index in [2.05, 4.69) is 148 Å². The third kappa shape index (κ3) is 39.5. The fraction of sp³-hybridized carbons (Fsp3) is 0.667. The number of aliphatic hydroxyl groups excluding tert-OH is 7. The Morgan fingerprint density at radius 3 is 1.17 bits per heavy atom. The van der Waals surface area contributed by atoms with Gasteiger partial charge in [0.15, 0.2) is 12.6 Å². The highest BCUT2D eigenvalue weighted by molar-refractivity contribution is 5.69. The summed E-state index contributed by atoms with van der Waals surface area (Å²) in [6, 6.07) is 0. The van der Waals surface area contributed by atoms with E-state index in [-0.39, 0.29) is 19.6 Å². The minimum atomic E-state index is -1.72. The second-order valence-electron chi connectivity index (χ2n) is 21.5. The number of esters is 1. The summed E-state index contributed by atoms with van der Waals surface area (Å²) in [5, 5.41) is 72.5. The van der Waals surface area contributed by atoms with E-state index in [9.17, 15) is 40.5 Å². The maximum atomic E-state index is 13.1. The predicted molar refractivity (Wildman–Crippen MR) is 334 cm³/mol. The summed E-state index contributed by atoms with van der Waals surface area (Å²) in [6.45, 7) is 3.40. The van der Waals surface area contributed by atoms with Crippen molar-refractivity contribution in [1.29, 1.82) is 0 Å². The van der Waals surface area contributed by atoms with Gasteiger partial charge in [-0.3, -0.25) is 4.79 Å². The smallest absolute Gasteiger partial charge is 0.306 e. The van der Waals surface area contributed by atoms with E-state index in [1.165, 1.54) is 32.1 Å². The normalized spacial score (nSPS) is 24.3. The quantitative estimate of drug-likeness (QED) is 0.0172. The Bertz CT molecular complexity index is 1880. The average molecular weight is 1170 g/mol. The van der Waals surface area contributed by atoms with Crippen LogP contribution in [0.5, 0.6) is 0 Å². The summed E-state index contributed by atoms with van der Waals surface area (Å²) >= 11 is 0. The molecule has 83 heavy (non-hydrogen) atoms. The fourth-order valence-electron chi connectivity index (χ4n) is 9.14. The summed E-state index contributed by atoms with van der Waals surface area (Å²) < 4.78 is 34.5. The lowest BCUT2D eigenvalue weighted by Crippen LogP contribution is -2.61. The van der Waals surface area contributed by atoms with Gasteiger partial charge in [0.05, 0.1) is 26.4 Å². The van der Waals surface area contributed by atoms with Crippen molar-refractivity contribution in [3.8, 4) is 0 Å². The zero-order chi connectivity index (χ0) is 60.1. The van der Waals surface area contributed by atoms with Crippen LogP contribution in [0.2, 0.25) is 0 Å². The van der Waals surface area contributed by atoms with Gasteiger partial charge in [-0.15, -0.1) is 0 Å². The van der Waals surface area contributed by atoms with Crippen molar-refractivity contribution in [2.45, 2.75) is 261 Å². The molecule has 7 N–H and O–H groups in total. The Balaban J connectivity index is 1.70. The van der Waals surface area contributed by atoms with Gasteiger partial charge in [-0.1, -0.05) is 212 Å². The van der Waals surface area contributed by atoms with Crippen LogP contribution in [0.15, 0.2) is 134 Å². The summed E-state index contributed by atoms with van der Waals surface area (Å²) in [7, 11) is 0. The molecule has 14 nitrogen and oxygen atoms in total. The van der Waals surface area contributed by atoms with Crippen molar-refractivity contribution in [3.05, 3.63) is 134 Å². The number of ether oxygens (including phenoxy) is 6. The Morgan fingerprint density at radius 1 is 0.398 bits per heavy atom. The third-order valence-corrected chi connectivity index (χ3v) is 14.2. The standard InChI is InChI=1S/C69H112O14/c1-3-5-7-9-11-13-15-17-19-21-23-25-27-29-30-32-34-36-38-40-42-44-46-48-50-52-61(71)81-58(56-79-68-67(77)65(75)63(73)60(83-68)57-80-69-66(76)64(74)62(72)59(54-70)82-69)55-78-53-51-49-47-45-43-41-39-37-35-33-31-28-26-24-22-20-18-16-14-12-10-8-6-4-2/h5-8,11-14,17-20,23-26,29-31,33-34,36,58-60,62-70,72-77H,3-4,9-10,15-16,21-22,27-28,32,35,37-57H2,1-2H3/b7-5-,8-6-,13-11-,14-12-,19-17-,20-18-,25-23-,26-24-,30-29-,33-31-,36-34-. The lowest BCUT2D eigenvalue weighted by molar-refractivity contribution is -0.332. The summed E-state index contributed by atoms with van der Waals surface area (Å²) in [6.07, 6.45) is 60.7. The molecule has 2 rings (SSSR count). The van der Waals surface area contributed by atoms with E-state index in [0.29, 0.717) is 13.0 Å². The van der Waals surface area contributed by atoms with Crippen LogP contribution in [0.25, 0.3) is 0 Å². The molecule has 0 bridgehead atoms. The molecular weight excluding hydrogens is 1050 g/mol. The molecule has 472 valence electrons. The number of hydrogen-bond acceptors (Lipinski definition) is 14. The molecule has 0 aromatic rings. The van der Waals surface area contributed by atoms with Crippen molar-refractivity contribution in [1.82, 2.24) is 0 Å². The van der Waals surface area contributed by atoms with Crippen molar-refractivity contribution in [3.63, 3.8) is 0 Å². The van der Waals surface area contributed by atoms with Gasteiger partial charge in [0.2, 0.25) is 0 Å². The molecule has 0 aliphatic carbocycles. The van der Waals surface area contributed by atoms with Crippen LogP contribution in [0.1, 0.15) is 194 Å². The molecule has 0 radical (unpaired) electrons. The minimum Gasteiger partial charge on any atom is -0.457 e. The van der Waals surface area contributed by atoms with Gasteiger partial charge < -0.3 is 64.2 Å². The third-order valence-electron chi connectivity index (χ3n) is 14.2. The number of carbonyl (C=O) groups is 1. The number of aliphatic hydroxyl groups is 7. The first-order valence-electron chi connectivity index (χ1n) is 31.8. The number of allylic oxidation sites excluding steroid dienone is 22. The van der Waals surface area contributed by atoms with Crippen LogP contribution in [0.3, 0.4) is 0 Å². The van der Waals surface area contributed by atoms with E-state index < -0.39 is 86.7 Å². The minimum absolute atomic E-state index is 0.0397. The molecule has 2 saturated heterocycles. The van der Waals surface area contributed by atoms with E-state index in [1.54, 1.807) is 0 Å². The molecule has 14 heteroatoms. The highest BCUT2D eigenvalue weighted by atomic mass is 16.7. The molecule has 0 spiro atoms. The molecular formula is C69H112O14. The number of rotatable bonds is 50. The van der Waals surface area contributed by atoms with Crippen molar-refractivity contribution in [2.24, 2.45) is 0 Å². The predicted octanol–water partition coefficient (Wildman–Crippen LogP) is 12.6. The lowest BCUT2D eigenvalue weighted by Gasteiger charge is -2.42.